The molecule has 2 amide bonds. The van der Waals surface area contributed by atoms with E-state index in [2.05, 4.69) is 31.0 Å². The van der Waals surface area contributed by atoms with Crippen LogP contribution in [0.2, 0.25) is 0 Å². The van der Waals surface area contributed by atoms with Gasteiger partial charge in [0.25, 0.3) is 10.0 Å². The van der Waals surface area contributed by atoms with E-state index < -0.39 is 16.1 Å². The molecule has 12 nitrogen and oxygen atoms in total. The second-order valence-electron chi connectivity index (χ2n) is 8.42. The van der Waals surface area contributed by atoms with Crippen LogP contribution >= 0.6 is 11.5 Å². The lowest BCUT2D eigenvalue weighted by Gasteiger charge is -2.42. The van der Waals surface area contributed by atoms with Gasteiger partial charge in [0, 0.05) is 48.4 Å². The van der Waals surface area contributed by atoms with E-state index in [1.165, 1.54) is 31.6 Å². The quantitative estimate of drug-likeness (QED) is 0.361. The van der Waals surface area contributed by atoms with Crippen molar-refractivity contribution in [3.05, 3.63) is 54.4 Å². The number of methoxy groups -OCH3 is 1. The molecule has 4 aromatic rings. The molecule has 190 valence electrons. The number of nitrogens with zero attached hydrogens (tertiary/aromatic N) is 6. The third-order valence-electron chi connectivity index (χ3n) is 6.23. The number of hydrogen-bond acceptors (Lipinski definition) is 10. The van der Waals surface area contributed by atoms with Gasteiger partial charge in [-0.1, -0.05) is 18.2 Å². The summed E-state index contributed by atoms with van der Waals surface area (Å²) in [6, 6.07) is 11.7. The number of fused-ring (bicyclic) bond motifs is 1. The monoisotopic (exact) mass is 538 g/mol. The number of nitrogens with one attached hydrogen (secondary N) is 2. The zero-order valence-corrected chi connectivity index (χ0v) is 21.5. The van der Waals surface area contributed by atoms with Crippen molar-refractivity contribution < 1.29 is 17.9 Å². The van der Waals surface area contributed by atoms with Crippen LogP contribution in [0.25, 0.3) is 11.0 Å². The lowest BCUT2D eigenvalue weighted by atomic mass is 9.85. The van der Waals surface area contributed by atoms with Crippen LogP contribution in [-0.4, -0.2) is 59.0 Å². The van der Waals surface area contributed by atoms with Gasteiger partial charge in [0.05, 0.1) is 23.3 Å². The molecule has 1 fully saturated rings. The molecule has 0 unspecified atom stereocenters. The number of hydrogen-bond donors (Lipinski definition) is 2. The van der Waals surface area contributed by atoms with Crippen molar-refractivity contribution >= 4 is 49.4 Å². The number of aromatic nitrogens is 4. The summed E-state index contributed by atoms with van der Waals surface area (Å²) in [5.74, 6) is 0. The Kier molecular flexibility index (Phi) is 6.40. The summed E-state index contributed by atoms with van der Waals surface area (Å²) in [5.41, 5.74) is 1.18. The van der Waals surface area contributed by atoms with E-state index in [9.17, 15) is 18.5 Å². The van der Waals surface area contributed by atoms with E-state index in [1.807, 2.05) is 11.9 Å². The van der Waals surface area contributed by atoms with Gasteiger partial charge in [0.15, 0.2) is 5.65 Å². The van der Waals surface area contributed by atoms with Gasteiger partial charge in [-0.15, -0.1) is 4.37 Å². The van der Waals surface area contributed by atoms with E-state index in [1.54, 1.807) is 24.3 Å². The molecule has 2 N–H and O–H groups in total. The van der Waals surface area contributed by atoms with Crippen LogP contribution in [-0.2, 0) is 10.0 Å². The Bertz CT molecular complexity index is 1600. The third-order valence-corrected chi connectivity index (χ3v) is 8.53. The number of pyridine rings is 1. The number of rotatable bonds is 7. The van der Waals surface area contributed by atoms with Gasteiger partial charge in [-0.25, -0.2) is 22.2 Å². The molecule has 0 saturated heterocycles. The first-order chi connectivity index (χ1) is 17.8. The highest BCUT2D eigenvalue weighted by molar-refractivity contribution is 7.90. The molecule has 1 saturated carbocycles. The largest absolute Gasteiger partial charge is 0.466 e. The summed E-state index contributed by atoms with van der Waals surface area (Å²) in [6.45, 7) is 0. The molecule has 1 aliphatic rings. The number of anilines is 2. The zero-order chi connectivity index (χ0) is 26.2. The van der Waals surface area contributed by atoms with Gasteiger partial charge in [0.1, 0.15) is 6.07 Å². The minimum atomic E-state index is -3.86. The number of benzene rings is 1. The normalized spacial score (nSPS) is 17.0. The van der Waals surface area contributed by atoms with Crippen molar-refractivity contribution in [2.45, 2.75) is 29.8 Å². The Labute approximate surface area is 216 Å². The van der Waals surface area contributed by atoms with Crippen molar-refractivity contribution in [3.63, 3.8) is 0 Å². The molecule has 0 bridgehead atoms. The molecular formula is C23H22N8O4S2. The van der Waals surface area contributed by atoms with Gasteiger partial charge < -0.3 is 15.0 Å². The Morgan fingerprint density at radius 2 is 2.03 bits per heavy atom. The maximum Gasteiger partial charge on any atom is 0.329 e. The molecule has 3 heterocycles. The number of amides is 2. The fourth-order valence-electron chi connectivity index (χ4n) is 4.28. The number of carbonyl (C=O) groups is 1. The van der Waals surface area contributed by atoms with Crippen molar-refractivity contribution in [2.24, 2.45) is 0 Å². The lowest BCUT2D eigenvalue weighted by Crippen LogP contribution is -2.54. The van der Waals surface area contributed by atoms with Gasteiger partial charge in [0.2, 0.25) is 5.13 Å². The highest BCUT2D eigenvalue weighted by atomic mass is 32.2. The number of carbonyl (C=O) groups excluding carboxylic acids is 1. The highest BCUT2D eigenvalue weighted by Gasteiger charge is 2.35. The predicted molar refractivity (Wildman–Crippen MR) is 137 cm³/mol. The van der Waals surface area contributed by atoms with Crippen LogP contribution in [0.15, 0.2) is 53.7 Å². The van der Waals surface area contributed by atoms with Crippen LogP contribution < -0.4 is 20.3 Å². The van der Waals surface area contributed by atoms with Crippen LogP contribution in [0.4, 0.5) is 15.6 Å². The molecule has 0 aliphatic heterocycles. The molecular weight excluding hydrogens is 516 g/mol. The van der Waals surface area contributed by atoms with Crippen LogP contribution in [0, 0.1) is 11.3 Å². The molecule has 0 atom stereocenters. The minimum absolute atomic E-state index is 0.0266. The topological polar surface area (TPSA) is 155 Å². The average molecular weight is 539 g/mol. The summed E-state index contributed by atoms with van der Waals surface area (Å²) in [7, 11) is -0.562. The highest BCUT2D eigenvalue weighted by Crippen LogP contribution is 2.36. The molecule has 1 aliphatic carbocycles. The second-order valence-corrected chi connectivity index (χ2v) is 11.0. The Morgan fingerprint density at radius 1 is 1.27 bits per heavy atom. The minimum Gasteiger partial charge on any atom is -0.466 e. The second kappa shape index (κ2) is 9.68. The lowest BCUT2D eigenvalue weighted by molar-refractivity contribution is 0.233. The first-order valence-electron chi connectivity index (χ1n) is 11.2. The van der Waals surface area contributed by atoms with E-state index in [0.717, 1.165) is 15.5 Å². The summed E-state index contributed by atoms with van der Waals surface area (Å²) < 4.78 is 36.4. The third kappa shape index (κ3) is 4.54. The summed E-state index contributed by atoms with van der Waals surface area (Å²) in [5, 5.41) is 16.2. The Hall–Kier alpha value is -4.22. The number of ether oxygens (including phenoxy) is 1. The summed E-state index contributed by atoms with van der Waals surface area (Å²) >= 11 is 1.02. The standard InChI is InChI=1S/C23H22N8O4S2/c1-30(16-10-15(11-16)26-21(32)27-23-28-22(35-2)29-36-23)19-14(12-24)13-25-20-18(19)8-9-31(20)37(33,34)17-6-4-3-5-7-17/h3-9,13,15-16H,10-11H2,1-2H3,(H2,26,27,28,29,32). The van der Waals surface area contributed by atoms with Gasteiger partial charge in [-0.05, 0) is 31.0 Å². The maximum absolute atomic E-state index is 13.2. The van der Waals surface area contributed by atoms with Crippen molar-refractivity contribution in [1.82, 2.24) is 23.6 Å². The molecule has 37 heavy (non-hydrogen) atoms. The van der Waals surface area contributed by atoms with Crippen molar-refractivity contribution in [2.75, 3.05) is 24.4 Å². The zero-order valence-electron chi connectivity index (χ0n) is 19.8. The molecule has 0 spiro atoms. The smallest absolute Gasteiger partial charge is 0.329 e. The van der Waals surface area contributed by atoms with Gasteiger partial charge >= 0.3 is 12.0 Å². The first kappa shape index (κ1) is 24.5. The van der Waals surface area contributed by atoms with Crippen molar-refractivity contribution in [3.8, 4) is 12.1 Å². The fourth-order valence-corrected chi connectivity index (χ4v) is 6.14. The molecule has 0 radical (unpaired) electrons. The molecule has 14 heteroatoms. The van der Waals surface area contributed by atoms with Crippen LogP contribution in [0.5, 0.6) is 6.01 Å². The SMILES string of the molecule is COc1nsc(NC(=O)NC2CC(N(C)c3c(C#N)cnc4c3ccn4S(=O)(=O)c3ccccc3)C2)n1. The Morgan fingerprint density at radius 3 is 2.70 bits per heavy atom. The summed E-state index contributed by atoms with van der Waals surface area (Å²) in [6.07, 6.45) is 4.13. The van der Waals surface area contributed by atoms with Gasteiger partial charge in [-0.2, -0.15) is 10.2 Å². The van der Waals surface area contributed by atoms with E-state index in [-0.39, 0.29) is 28.6 Å². The van der Waals surface area contributed by atoms with Crippen LogP contribution in [0.1, 0.15) is 18.4 Å². The number of nitriles is 1. The maximum atomic E-state index is 13.2. The molecule has 5 rings (SSSR count). The Balaban J connectivity index is 1.33. The first-order valence-corrected chi connectivity index (χ1v) is 13.4. The van der Waals surface area contributed by atoms with E-state index in [4.69, 9.17) is 4.74 Å². The fraction of sp³-hybridized carbons (Fsp3) is 0.261. The van der Waals surface area contributed by atoms with E-state index >= 15 is 0 Å². The van der Waals surface area contributed by atoms with E-state index in [0.29, 0.717) is 34.6 Å². The molecule has 3 aromatic heterocycles. The predicted octanol–water partition coefficient (Wildman–Crippen LogP) is 2.79. The average Bonchev–Trinajstić information content (AvgIpc) is 3.52. The summed E-state index contributed by atoms with van der Waals surface area (Å²) in [4.78, 5) is 22.7. The van der Waals surface area contributed by atoms with Gasteiger partial charge in [-0.3, -0.25) is 5.32 Å². The number of urea groups is 1. The van der Waals surface area contributed by atoms with Crippen molar-refractivity contribution in [1.29, 1.82) is 5.26 Å². The van der Waals surface area contributed by atoms with Crippen LogP contribution in [0.3, 0.4) is 0 Å². The molecule has 1 aromatic carbocycles.